The number of nitrogens with one attached hydrogen (secondary N) is 5. The normalized spacial score (nSPS) is 22.2. The lowest BCUT2D eigenvalue weighted by Gasteiger charge is -2.37. The van der Waals surface area contributed by atoms with Crippen LogP contribution in [0.2, 0.25) is 0 Å². The molecule has 2 aromatic rings. The summed E-state index contributed by atoms with van der Waals surface area (Å²) in [4.78, 5) is 159. The van der Waals surface area contributed by atoms with E-state index in [-0.39, 0.29) is 122 Å². The van der Waals surface area contributed by atoms with Crippen LogP contribution in [0, 0.1) is 29.1 Å². The highest BCUT2D eigenvalue weighted by Crippen LogP contribution is 2.45. The van der Waals surface area contributed by atoms with Gasteiger partial charge in [0.2, 0.25) is 29.4 Å². The molecule has 22 heteroatoms. The van der Waals surface area contributed by atoms with Crippen LogP contribution >= 0.6 is 0 Å². The summed E-state index contributed by atoms with van der Waals surface area (Å²) in [7, 11) is 0. The van der Waals surface area contributed by atoms with Crippen LogP contribution in [0.5, 0.6) is 0 Å². The zero-order valence-corrected chi connectivity index (χ0v) is 46.4. The molecule has 3 aliphatic heterocycles. The Morgan fingerprint density at radius 3 is 2.23 bits per heavy atom. The van der Waals surface area contributed by atoms with Crippen LogP contribution in [-0.2, 0) is 43.0 Å². The van der Waals surface area contributed by atoms with E-state index in [0.29, 0.717) is 44.5 Å². The van der Waals surface area contributed by atoms with Gasteiger partial charge < -0.3 is 35.6 Å². The number of aromatic nitrogens is 2. The van der Waals surface area contributed by atoms with Crippen LogP contribution in [0.25, 0.3) is 0 Å². The minimum absolute atomic E-state index is 0.0225. The van der Waals surface area contributed by atoms with Crippen LogP contribution < -0.4 is 26.6 Å². The summed E-state index contributed by atoms with van der Waals surface area (Å²) in [5.74, 6) is -6.84. The molecular weight excluding hydrogens is 1030 g/mol. The fraction of sp³-hybridized carbons (Fsp3) is 0.638. The van der Waals surface area contributed by atoms with Gasteiger partial charge in [-0.1, -0.05) is 65.9 Å². The Labute approximate surface area is 466 Å². The van der Waals surface area contributed by atoms with Crippen molar-refractivity contribution in [2.45, 2.75) is 167 Å². The molecule has 3 saturated carbocycles. The minimum atomic E-state index is -1.06. The number of benzene rings is 1. The number of likely N-dealkylation sites (tertiary alicyclic amines) is 1. The van der Waals surface area contributed by atoms with E-state index in [1.54, 1.807) is 17.0 Å². The van der Waals surface area contributed by atoms with E-state index in [0.717, 1.165) is 56.3 Å². The van der Waals surface area contributed by atoms with Crippen LogP contribution in [-0.4, -0.2) is 154 Å². The second kappa shape index (κ2) is 26.6. The van der Waals surface area contributed by atoms with Crippen molar-refractivity contribution in [3.05, 3.63) is 53.1 Å². The predicted octanol–water partition coefficient (Wildman–Crippen LogP) is 4.05. The van der Waals surface area contributed by atoms with Gasteiger partial charge in [0.1, 0.15) is 23.5 Å². The van der Waals surface area contributed by atoms with Crippen LogP contribution in [0.4, 0.5) is 5.69 Å². The van der Waals surface area contributed by atoms with Crippen LogP contribution in [0.3, 0.4) is 0 Å². The molecule has 7 atom stereocenters. The third-order valence-electron chi connectivity index (χ3n) is 16.6. The van der Waals surface area contributed by atoms with Gasteiger partial charge in [-0.15, -0.1) is 0 Å². The SMILES string of the molecule is CCC[C@H](NC(=O)[C@@H]1[C@H]2CCC[C@H]2CN1C(=O)[C@@H](CC(=O)[C@@H](NC(=O)c1cnc(C(=O)CCCOCCOCCNc2cccc3c2C(=O)N(C2CCC(=O)NC2=O)C3=O)cn1)C1CCCCC1)C(C)(C)C)C(=O)C(=O)NC1CC1. The maximum Gasteiger partial charge on any atom is 0.289 e. The van der Waals surface area contributed by atoms with Crippen molar-refractivity contribution >= 4 is 70.3 Å². The van der Waals surface area contributed by atoms with Crippen molar-refractivity contribution < 1.29 is 62.2 Å². The number of imide groups is 2. The Balaban J connectivity index is 0.794. The van der Waals surface area contributed by atoms with E-state index >= 15 is 0 Å². The van der Waals surface area contributed by atoms with E-state index in [2.05, 4.69) is 36.6 Å². The number of piperidine rings is 1. The summed E-state index contributed by atoms with van der Waals surface area (Å²) in [6.07, 6.45) is 11.9. The molecule has 3 aliphatic carbocycles. The second-order valence-electron chi connectivity index (χ2n) is 23.3. The maximum atomic E-state index is 15.0. The molecule has 2 saturated heterocycles. The molecule has 6 aliphatic rings. The zero-order chi connectivity index (χ0) is 57.3. The first-order chi connectivity index (χ1) is 38.4. The monoisotopic (exact) mass is 1110 g/mol. The number of nitrogens with zero attached hydrogens (tertiary/aromatic N) is 4. The summed E-state index contributed by atoms with van der Waals surface area (Å²) >= 11 is 0. The van der Waals surface area contributed by atoms with Gasteiger partial charge in [0.05, 0.1) is 55.4 Å². The smallest absolute Gasteiger partial charge is 0.289 e. The highest BCUT2D eigenvalue weighted by atomic mass is 16.5. The van der Waals surface area contributed by atoms with Gasteiger partial charge in [0.25, 0.3) is 23.6 Å². The van der Waals surface area contributed by atoms with Gasteiger partial charge in [0.15, 0.2) is 11.6 Å². The number of ketones is 3. The van der Waals surface area contributed by atoms with Crippen molar-refractivity contribution in [2.75, 3.05) is 44.8 Å². The molecular formula is C58H77N9O13. The molecule has 8 rings (SSSR count). The topological polar surface area (TPSA) is 299 Å². The van der Waals surface area contributed by atoms with Crippen molar-refractivity contribution in [1.82, 2.24) is 41.0 Å². The molecule has 1 aromatic carbocycles. The molecule has 1 unspecified atom stereocenters. The van der Waals surface area contributed by atoms with Gasteiger partial charge in [-0.3, -0.25) is 63.0 Å². The Kier molecular flexibility index (Phi) is 19.8. The van der Waals surface area contributed by atoms with Crippen LogP contribution in [0.1, 0.15) is 179 Å². The quantitative estimate of drug-likeness (QED) is 0.0365. The molecule has 0 radical (unpaired) electrons. The lowest BCUT2D eigenvalue weighted by atomic mass is 9.74. The van der Waals surface area contributed by atoms with Crippen LogP contribution in [0.15, 0.2) is 30.6 Å². The molecule has 0 spiro atoms. The Bertz CT molecular complexity index is 2700. The first-order valence-electron chi connectivity index (χ1n) is 28.7. The molecule has 4 heterocycles. The maximum absolute atomic E-state index is 15.0. The van der Waals surface area contributed by atoms with E-state index in [1.165, 1.54) is 18.5 Å². The number of anilines is 1. The van der Waals surface area contributed by atoms with Crippen molar-refractivity contribution in [3.8, 4) is 0 Å². The highest BCUT2D eigenvalue weighted by molar-refractivity contribution is 6.38. The van der Waals surface area contributed by atoms with E-state index in [4.69, 9.17) is 9.47 Å². The van der Waals surface area contributed by atoms with Gasteiger partial charge in [-0.05, 0) is 93.1 Å². The third kappa shape index (κ3) is 14.2. The fourth-order valence-electron chi connectivity index (χ4n) is 12.1. The Hall–Kier alpha value is -6.81. The second-order valence-corrected chi connectivity index (χ2v) is 23.3. The first kappa shape index (κ1) is 59.3. The zero-order valence-electron chi connectivity index (χ0n) is 46.4. The number of Topliss-reactive ketones (excluding diaryl/α,β-unsaturated/α-hetero) is 3. The standard InChI is InChI=1S/C58H77N9O13/c1-5-12-40(50(71)54(75)62-35-20-21-35)63-53(74)49-36-16-9-15-34(36)32-66(49)56(77)38(58(2,3)4)29-45(69)48(33-13-7-6-8-14-33)65-51(72)42-31-60-41(30-61-42)44(68)19-11-25-79-27-28-80-26-24-59-39-18-10-17-37-47(39)57(78)67(55(37)76)43-22-23-46(70)64-52(43)73/h10,17-18,30-31,33-36,38,40,43,48-49,59H,5-9,11-16,19-29,32H2,1-4H3,(H,62,75)(H,63,74)(H,65,72)(H,64,70,73)/t34-,36-,38+,40-,43?,48-,49-/m0/s1. The third-order valence-corrected chi connectivity index (χ3v) is 16.6. The Morgan fingerprint density at radius 1 is 0.812 bits per heavy atom. The predicted molar refractivity (Wildman–Crippen MR) is 289 cm³/mol. The number of hydrogen-bond acceptors (Lipinski definition) is 16. The number of amides is 8. The molecule has 5 fully saturated rings. The largest absolute Gasteiger partial charge is 0.382 e. The molecule has 0 bridgehead atoms. The number of carbonyl (C=O) groups excluding carboxylic acids is 11. The van der Waals surface area contributed by atoms with E-state index < -0.39 is 82.6 Å². The number of ether oxygens (including phenoxy) is 2. The summed E-state index contributed by atoms with van der Waals surface area (Å²) in [5.41, 5.74) is 0.00389. The molecule has 8 amide bonds. The number of hydrogen-bond donors (Lipinski definition) is 5. The highest BCUT2D eigenvalue weighted by Gasteiger charge is 2.53. The summed E-state index contributed by atoms with van der Waals surface area (Å²) in [6, 6.07) is 0.905. The first-order valence-corrected chi connectivity index (χ1v) is 28.7. The van der Waals surface area contributed by atoms with E-state index in [9.17, 15) is 52.7 Å². The van der Waals surface area contributed by atoms with Crippen molar-refractivity contribution in [2.24, 2.45) is 29.1 Å². The molecule has 432 valence electrons. The summed E-state index contributed by atoms with van der Waals surface area (Å²) in [6.45, 7) is 9.17. The van der Waals surface area contributed by atoms with Crippen molar-refractivity contribution in [1.29, 1.82) is 0 Å². The van der Waals surface area contributed by atoms with Gasteiger partial charge in [0, 0.05) is 56.6 Å². The lowest BCUT2D eigenvalue weighted by Crippen LogP contribution is -2.56. The Morgan fingerprint density at radius 2 is 1.54 bits per heavy atom. The average molecular weight is 1110 g/mol. The van der Waals surface area contributed by atoms with E-state index in [1.807, 2.05) is 27.7 Å². The average Bonchev–Trinajstić information content (AvgIpc) is 4.00. The molecule has 1 aromatic heterocycles. The number of fused-ring (bicyclic) bond motifs is 2. The van der Waals surface area contributed by atoms with Gasteiger partial charge in [-0.2, -0.15) is 0 Å². The number of carbonyl (C=O) groups is 11. The lowest BCUT2D eigenvalue weighted by molar-refractivity contribution is -0.148. The molecule has 80 heavy (non-hydrogen) atoms. The number of rotatable bonds is 27. The van der Waals surface area contributed by atoms with Gasteiger partial charge >= 0.3 is 0 Å². The van der Waals surface area contributed by atoms with Crippen molar-refractivity contribution in [3.63, 3.8) is 0 Å². The minimum Gasteiger partial charge on any atom is -0.382 e. The molecule has 5 N–H and O–H groups in total. The summed E-state index contributed by atoms with van der Waals surface area (Å²) in [5, 5.41) is 13.9. The molecule has 22 nitrogen and oxygen atoms in total. The fourth-order valence-corrected chi connectivity index (χ4v) is 12.1. The van der Waals surface area contributed by atoms with Gasteiger partial charge in [-0.25, -0.2) is 9.97 Å². The summed E-state index contributed by atoms with van der Waals surface area (Å²) < 4.78 is 11.3.